The van der Waals surface area contributed by atoms with Gasteiger partial charge in [0, 0.05) is 37.2 Å². The zero-order valence-corrected chi connectivity index (χ0v) is 17.6. The molecule has 1 N–H and O–H groups in total. The number of aromatic nitrogens is 4. The number of fused-ring (bicyclic) bond motifs is 1. The highest BCUT2D eigenvalue weighted by molar-refractivity contribution is 5.75. The van der Waals surface area contributed by atoms with Gasteiger partial charge in [0.2, 0.25) is 17.7 Å². The van der Waals surface area contributed by atoms with E-state index in [0.29, 0.717) is 44.0 Å². The SMILES string of the molecule is Cc1cccc(Cc2nnc(CCC(=O)NCCc3nc(C)c4c(n3)CCC4)o2)c1. The molecule has 0 unspecified atom stereocenters. The molecule has 4 rings (SSSR count). The summed E-state index contributed by atoms with van der Waals surface area (Å²) in [5.74, 6) is 1.84. The van der Waals surface area contributed by atoms with E-state index in [1.165, 1.54) is 16.8 Å². The molecule has 0 saturated carbocycles. The van der Waals surface area contributed by atoms with Gasteiger partial charge >= 0.3 is 0 Å². The average molecular weight is 406 g/mol. The van der Waals surface area contributed by atoms with Crippen LogP contribution in [0.15, 0.2) is 28.7 Å². The molecule has 0 spiro atoms. The quantitative estimate of drug-likeness (QED) is 0.619. The minimum Gasteiger partial charge on any atom is -0.425 e. The molecule has 0 aliphatic heterocycles. The number of nitrogens with one attached hydrogen (secondary N) is 1. The van der Waals surface area contributed by atoms with Gasteiger partial charge in [0.1, 0.15) is 5.82 Å². The first-order valence-corrected chi connectivity index (χ1v) is 10.6. The van der Waals surface area contributed by atoms with E-state index in [-0.39, 0.29) is 5.91 Å². The van der Waals surface area contributed by atoms with Crippen molar-refractivity contribution in [2.24, 2.45) is 0 Å². The van der Waals surface area contributed by atoms with E-state index in [0.717, 1.165) is 36.3 Å². The van der Waals surface area contributed by atoms with Crippen LogP contribution in [-0.4, -0.2) is 32.6 Å². The molecule has 0 saturated heterocycles. The number of rotatable bonds is 8. The molecule has 30 heavy (non-hydrogen) atoms. The summed E-state index contributed by atoms with van der Waals surface area (Å²) in [5, 5.41) is 11.1. The van der Waals surface area contributed by atoms with Crippen molar-refractivity contribution in [1.82, 2.24) is 25.5 Å². The zero-order chi connectivity index (χ0) is 20.9. The highest BCUT2D eigenvalue weighted by atomic mass is 16.4. The van der Waals surface area contributed by atoms with E-state index in [1.54, 1.807) is 0 Å². The Hall–Kier alpha value is -3.09. The zero-order valence-electron chi connectivity index (χ0n) is 17.6. The first-order valence-electron chi connectivity index (χ1n) is 10.6. The Morgan fingerprint density at radius 2 is 1.97 bits per heavy atom. The molecular formula is C23H27N5O2. The second kappa shape index (κ2) is 9.15. The van der Waals surface area contributed by atoms with Gasteiger partial charge in [-0.15, -0.1) is 10.2 Å². The minimum absolute atomic E-state index is 0.0358. The summed E-state index contributed by atoms with van der Waals surface area (Å²) < 4.78 is 5.69. The lowest BCUT2D eigenvalue weighted by Gasteiger charge is -2.07. The van der Waals surface area contributed by atoms with Crippen molar-refractivity contribution in [2.75, 3.05) is 6.54 Å². The van der Waals surface area contributed by atoms with Crippen LogP contribution in [0.25, 0.3) is 0 Å². The number of carbonyl (C=O) groups is 1. The maximum atomic E-state index is 12.2. The van der Waals surface area contributed by atoms with E-state index in [2.05, 4.69) is 44.5 Å². The lowest BCUT2D eigenvalue weighted by atomic mass is 10.1. The second-order valence-electron chi connectivity index (χ2n) is 7.86. The smallest absolute Gasteiger partial charge is 0.220 e. The molecule has 1 aliphatic rings. The fourth-order valence-electron chi connectivity index (χ4n) is 3.87. The van der Waals surface area contributed by atoms with Crippen LogP contribution in [0.5, 0.6) is 0 Å². The monoisotopic (exact) mass is 405 g/mol. The average Bonchev–Trinajstić information content (AvgIpc) is 3.36. The Labute approximate surface area is 176 Å². The van der Waals surface area contributed by atoms with E-state index in [9.17, 15) is 4.79 Å². The Kier molecular flexibility index (Phi) is 6.16. The van der Waals surface area contributed by atoms with Gasteiger partial charge in [0.15, 0.2) is 0 Å². The van der Waals surface area contributed by atoms with Crippen molar-refractivity contribution in [1.29, 1.82) is 0 Å². The summed E-state index contributed by atoms with van der Waals surface area (Å²) in [5.41, 5.74) is 5.90. The Bertz CT molecular complexity index is 1040. The molecule has 0 radical (unpaired) electrons. The number of benzene rings is 1. The van der Waals surface area contributed by atoms with E-state index in [1.807, 2.05) is 19.1 Å². The number of nitrogens with zero attached hydrogens (tertiary/aromatic N) is 4. The summed E-state index contributed by atoms with van der Waals surface area (Å²) >= 11 is 0. The van der Waals surface area contributed by atoms with E-state index < -0.39 is 0 Å². The normalized spacial score (nSPS) is 12.7. The molecule has 0 fully saturated rings. The molecule has 2 heterocycles. The van der Waals surface area contributed by atoms with Gasteiger partial charge in [-0.25, -0.2) is 9.97 Å². The lowest BCUT2D eigenvalue weighted by Crippen LogP contribution is -2.26. The maximum Gasteiger partial charge on any atom is 0.220 e. The molecule has 7 nitrogen and oxygen atoms in total. The van der Waals surface area contributed by atoms with Crippen LogP contribution in [0.4, 0.5) is 0 Å². The van der Waals surface area contributed by atoms with Crippen LogP contribution in [0.2, 0.25) is 0 Å². The summed E-state index contributed by atoms with van der Waals surface area (Å²) in [4.78, 5) is 21.4. The molecule has 0 atom stereocenters. The van der Waals surface area contributed by atoms with E-state index >= 15 is 0 Å². The minimum atomic E-state index is -0.0358. The van der Waals surface area contributed by atoms with Gasteiger partial charge in [0.25, 0.3) is 0 Å². The summed E-state index contributed by atoms with van der Waals surface area (Å²) in [7, 11) is 0. The van der Waals surface area contributed by atoms with E-state index in [4.69, 9.17) is 4.42 Å². The van der Waals surface area contributed by atoms with Gasteiger partial charge in [-0.2, -0.15) is 0 Å². The molecular weight excluding hydrogens is 378 g/mol. The molecule has 1 aliphatic carbocycles. The fourth-order valence-corrected chi connectivity index (χ4v) is 3.87. The Morgan fingerprint density at radius 3 is 2.83 bits per heavy atom. The number of carbonyl (C=O) groups excluding carboxylic acids is 1. The first-order chi connectivity index (χ1) is 14.6. The largest absolute Gasteiger partial charge is 0.425 e. The Morgan fingerprint density at radius 1 is 1.10 bits per heavy atom. The van der Waals surface area contributed by atoms with Crippen LogP contribution in [0.3, 0.4) is 0 Å². The second-order valence-corrected chi connectivity index (χ2v) is 7.86. The molecule has 1 amide bonds. The summed E-state index contributed by atoms with van der Waals surface area (Å²) in [6.07, 6.45) is 5.27. The predicted molar refractivity (Wildman–Crippen MR) is 112 cm³/mol. The van der Waals surface area contributed by atoms with Gasteiger partial charge in [-0.3, -0.25) is 4.79 Å². The third-order valence-corrected chi connectivity index (χ3v) is 5.37. The molecule has 1 aromatic carbocycles. The third-order valence-electron chi connectivity index (χ3n) is 5.37. The lowest BCUT2D eigenvalue weighted by molar-refractivity contribution is -0.121. The van der Waals surface area contributed by atoms with Crippen LogP contribution < -0.4 is 5.32 Å². The van der Waals surface area contributed by atoms with Crippen molar-refractivity contribution in [3.63, 3.8) is 0 Å². The molecule has 0 bridgehead atoms. The molecule has 7 heteroatoms. The van der Waals surface area contributed by atoms with Gasteiger partial charge in [-0.05, 0) is 44.2 Å². The number of hydrogen-bond donors (Lipinski definition) is 1. The van der Waals surface area contributed by atoms with Crippen molar-refractivity contribution in [3.8, 4) is 0 Å². The van der Waals surface area contributed by atoms with Gasteiger partial charge in [-0.1, -0.05) is 29.8 Å². The van der Waals surface area contributed by atoms with Gasteiger partial charge < -0.3 is 9.73 Å². The third kappa shape index (κ3) is 5.09. The van der Waals surface area contributed by atoms with Crippen molar-refractivity contribution in [2.45, 2.75) is 58.8 Å². The van der Waals surface area contributed by atoms with Crippen LogP contribution in [-0.2, 0) is 36.9 Å². The maximum absolute atomic E-state index is 12.2. The van der Waals surface area contributed by atoms with Gasteiger partial charge in [0.05, 0.1) is 6.42 Å². The number of hydrogen-bond acceptors (Lipinski definition) is 6. The first kappa shape index (κ1) is 20.2. The van der Waals surface area contributed by atoms with Crippen molar-refractivity contribution < 1.29 is 9.21 Å². The topological polar surface area (TPSA) is 93.8 Å². The van der Waals surface area contributed by atoms with Crippen molar-refractivity contribution in [3.05, 3.63) is 69.9 Å². The van der Waals surface area contributed by atoms with Crippen LogP contribution in [0.1, 0.15) is 58.5 Å². The number of amides is 1. The molecule has 2 aromatic heterocycles. The summed E-state index contributed by atoms with van der Waals surface area (Å²) in [6.45, 7) is 4.63. The molecule has 3 aromatic rings. The summed E-state index contributed by atoms with van der Waals surface area (Å²) in [6, 6.07) is 8.21. The van der Waals surface area contributed by atoms with Crippen LogP contribution in [0, 0.1) is 13.8 Å². The Balaban J connectivity index is 1.21. The fraction of sp³-hybridized carbons (Fsp3) is 0.435. The van der Waals surface area contributed by atoms with Crippen LogP contribution >= 0.6 is 0 Å². The standard InChI is InChI=1S/C23H27N5O2/c1-15-5-3-6-17(13-15)14-23-28-27-22(30-23)10-9-21(29)24-12-11-20-25-16(2)18-7-4-8-19(18)26-20/h3,5-6,13H,4,7-12,14H2,1-2H3,(H,24,29). The van der Waals surface area contributed by atoms with Crippen molar-refractivity contribution >= 4 is 5.91 Å². The predicted octanol–water partition coefficient (Wildman–Crippen LogP) is 2.85. The highest BCUT2D eigenvalue weighted by Crippen LogP contribution is 2.22. The molecule has 156 valence electrons. The highest BCUT2D eigenvalue weighted by Gasteiger charge is 2.17. The number of aryl methyl sites for hydroxylation is 4.